The Kier molecular flexibility index (Phi) is 8.52. The van der Waals surface area contributed by atoms with Crippen molar-refractivity contribution in [2.75, 3.05) is 0 Å². The summed E-state index contributed by atoms with van der Waals surface area (Å²) in [5, 5.41) is 8.11. The lowest BCUT2D eigenvalue weighted by molar-refractivity contribution is -0.132. The lowest BCUT2D eigenvalue weighted by Gasteiger charge is -1.84. The van der Waals surface area contributed by atoms with Crippen LogP contribution in [0, 0.1) is 5.53 Å². The van der Waals surface area contributed by atoms with Gasteiger partial charge in [-0.25, -0.2) is 4.79 Å². The molecule has 0 atom stereocenters. The van der Waals surface area contributed by atoms with Gasteiger partial charge in [0.15, 0.2) is 0 Å². The molecule has 5 nitrogen and oxygen atoms in total. The molecule has 0 saturated carbocycles. The van der Waals surface area contributed by atoms with Crippen molar-refractivity contribution < 1.29 is 9.90 Å². The standard InChI is InChI=1S/C5H8O2.HN3/c1-3-4(2)5(6)7;1-3-2/h3H,1-2H3,(H,6,7);1H. The summed E-state index contributed by atoms with van der Waals surface area (Å²) in [7, 11) is 0. The molecule has 0 bridgehead atoms. The van der Waals surface area contributed by atoms with E-state index in [-0.39, 0.29) is 0 Å². The Bertz CT molecular complexity index is 168. The zero-order valence-electron chi connectivity index (χ0n) is 5.83. The van der Waals surface area contributed by atoms with Gasteiger partial charge in [-0.05, 0) is 24.3 Å². The summed E-state index contributed by atoms with van der Waals surface area (Å²) < 4.78 is 0. The maximum atomic E-state index is 9.86. The molecule has 10 heavy (non-hydrogen) atoms. The third-order valence-corrected chi connectivity index (χ3v) is 0.770. The summed E-state index contributed by atoms with van der Waals surface area (Å²) in [5.74, 6) is -0.845. The van der Waals surface area contributed by atoms with Crippen LogP contribution < -0.4 is 0 Å². The maximum Gasteiger partial charge on any atom is 0.330 e. The molecule has 0 amide bonds. The molecule has 2 N–H and O–H groups in total. The van der Waals surface area contributed by atoms with Crippen LogP contribution in [0.1, 0.15) is 13.8 Å². The first-order chi connectivity index (χ1) is 4.59. The summed E-state index contributed by atoms with van der Waals surface area (Å²) in [6, 6.07) is 0. The van der Waals surface area contributed by atoms with Crippen molar-refractivity contribution in [1.82, 2.24) is 0 Å². The van der Waals surface area contributed by atoms with E-state index in [1.165, 1.54) is 0 Å². The van der Waals surface area contributed by atoms with E-state index < -0.39 is 5.97 Å². The smallest absolute Gasteiger partial charge is 0.330 e. The molecule has 0 aromatic carbocycles. The SMILES string of the molecule is CC=C(C)C(=O)O.[N-]=[N+]=N. The molecule has 0 saturated heterocycles. The lowest BCUT2D eigenvalue weighted by atomic mass is 10.3. The van der Waals surface area contributed by atoms with E-state index in [1.54, 1.807) is 24.8 Å². The molecule has 0 fully saturated rings. The van der Waals surface area contributed by atoms with Crippen molar-refractivity contribution in [3.05, 3.63) is 22.1 Å². The summed E-state index contributed by atoms with van der Waals surface area (Å²) >= 11 is 0. The number of nitrogens with one attached hydrogen (secondary N) is 1. The largest absolute Gasteiger partial charge is 0.478 e. The van der Waals surface area contributed by atoms with E-state index in [0.717, 1.165) is 0 Å². The zero-order valence-corrected chi connectivity index (χ0v) is 5.83. The van der Waals surface area contributed by atoms with Crippen LogP contribution in [0.15, 0.2) is 11.6 Å². The van der Waals surface area contributed by atoms with Gasteiger partial charge in [-0.1, -0.05) is 6.08 Å². The van der Waals surface area contributed by atoms with Gasteiger partial charge in [0, 0.05) is 5.57 Å². The van der Waals surface area contributed by atoms with Crippen molar-refractivity contribution in [2.24, 2.45) is 0 Å². The third-order valence-electron chi connectivity index (χ3n) is 0.770. The van der Waals surface area contributed by atoms with Gasteiger partial charge in [0.2, 0.25) is 0 Å². The highest BCUT2D eigenvalue weighted by Crippen LogP contribution is 1.87. The molecule has 0 aromatic heterocycles. The highest BCUT2D eigenvalue weighted by molar-refractivity contribution is 5.85. The van der Waals surface area contributed by atoms with E-state index in [4.69, 9.17) is 16.2 Å². The Morgan fingerprint density at radius 2 is 2.10 bits per heavy atom. The minimum atomic E-state index is -0.845. The number of allylic oxidation sites excluding steroid dienone is 1. The van der Waals surface area contributed by atoms with Gasteiger partial charge in [0.05, 0.1) is 0 Å². The second-order valence-corrected chi connectivity index (χ2v) is 1.38. The third kappa shape index (κ3) is 9.72. The van der Waals surface area contributed by atoms with E-state index in [0.29, 0.717) is 5.57 Å². The first kappa shape index (κ1) is 11.3. The fraction of sp³-hybridized carbons (Fsp3) is 0.400. The van der Waals surface area contributed by atoms with E-state index in [9.17, 15) is 4.79 Å². The van der Waals surface area contributed by atoms with Crippen LogP contribution in [0.2, 0.25) is 0 Å². The van der Waals surface area contributed by atoms with E-state index >= 15 is 0 Å². The number of carboxylic acid groups (broad SMARTS) is 1. The molecule has 0 aliphatic rings. The molecule has 0 unspecified atom stereocenters. The van der Waals surface area contributed by atoms with Gasteiger partial charge in [-0.2, -0.15) is 0 Å². The van der Waals surface area contributed by atoms with Gasteiger partial charge in [-0.3, -0.25) is 0 Å². The Labute approximate surface area is 58.4 Å². The number of nitrogens with zero attached hydrogens (tertiary/aromatic N) is 2. The predicted molar refractivity (Wildman–Crippen MR) is 36.5 cm³/mol. The highest BCUT2D eigenvalue weighted by Gasteiger charge is 1.93. The van der Waals surface area contributed by atoms with Crippen LogP contribution in [0.25, 0.3) is 10.4 Å². The zero-order chi connectivity index (χ0) is 8.57. The van der Waals surface area contributed by atoms with Crippen molar-refractivity contribution in [2.45, 2.75) is 13.8 Å². The van der Waals surface area contributed by atoms with Gasteiger partial charge >= 0.3 is 5.97 Å². The second-order valence-electron chi connectivity index (χ2n) is 1.38. The lowest BCUT2D eigenvalue weighted by Crippen LogP contribution is -1.93. The van der Waals surface area contributed by atoms with Crippen LogP contribution in [0.3, 0.4) is 0 Å². The maximum absolute atomic E-state index is 9.86. The molecular formula is C5H9N3O2. The van der Waals surface area contributed by atoms with Crippen molar-refractivity contribution in [1.29, 1.82) is 5.53 Å². The fourth-order valence-corrected chi connectivity index (χ4v) is 0.123. The predicted octanol–water partition coefficient (Wildman–Crippen LogP) is 1.91. The molecule has 56 valence electrons. The van der Waals surface area contributed by atoms with Gasteiger partial charge in [0.1, 0.15) is 0 Å². The highest BCUT2D eigenvalue weighted by atomic mass is 16.4. The Balaban J connectivity index is 0. The summed E-state index contributed by atoms with van der Waals surface area (Å²) in [5.41, 5.74) is 12.6. The molecule has 0 aromatic rings. The second kappa shape index (κ2) is 7.52. The number of carbonyl (C=O) groups is 1. The number of hydrogen-bond acceptors (Lipinski definition) is 2. The van der Waals surface area contributed by atoms with E-state index in [1.807, 2.05) is 0 Å². The molecule has 0 aliphatic heterocycles. The minimum absolute atomic E-state index is 0.389. The molecule has 0 rings (SSSR count). The van der Waals surface area contributed by atoms with Crippen molar-refractivity contribution in [3.8, 4) is 0 Å². The van der Waals surface area contributed by atoms with Gasteiger partial charge < -0.3 is 5.11 Å². The molecule has 0 radical (unpaired) electrons. The quantitative estimate of drug-likeness (QED) is 0.253. The first-order valence-electron chi connectivity index (χ1n) is 2.47. The Hall–Kier alpha value is -1.48. The summed E-state index contributed by atoms with van der Waals surface area (Å²) in [6.07, 6.45) is 1.56. The molecular weight excluding hydrogens is 134 g/mol. The average molecular weight is 143 g/mol. The molecule has 0 heterocycles. The molecule has 0 aliphatic carbocycles. The number of carboxylic acids is 1. The molecule has 5 heteroatoms. The number of rotatable bonds is 1. The number of hydrogen-bond donors (Lipinski definition) is 2. The average Bonchev–Trinajstić information content (AvgIpc) is 1.88. The monoisotopic (exact) mass is 143 g/mol. The van der Waals surface area contributed by atoms with Crippen LogP contribution >= 0.6 is 0 Å². The fourth-order valence-electron chi connectivity index (χ4n) is 0.123. The van der Waals surface area contributed by atoms with Crippen LogP contribution in [-0.2, 0) is 4.79 Å². The minimum Gasteiger partial charge on any atom is -0.478 e. The van der Waals surface area contributed by atoms with Crippen LogP contribution in [0.4, 0.5) is 0 Å². The Morgan fingerprint density at radius 1 is 1.80 bits per heavy atom. The van der Waals surface area contributed by atoms with E-state index in [2.05, 4.69) is 0 Å². The van der Waals surface area contributed by atoms with Gasteiger partial charge in [0.25, 0.3) is 0 Å². The van der Waals surface area contributed by atoms with Crippen LogP contribution in [-0.4, -0.2) is 11.1 Å². The van der Waals surface area contributed by atoms with Crippen LogP contribution in [0.5, 0.6) is 0 Å². The summed E-state index contributed by atoms with van der Waals surface area (Å²) in [4.78, 5) is 11.6. The van der Waals surface area contributed by atoms with Crippen molar-refractivity contribution in [3.63, 3.8) is 0 Å². The Morgan fingerprint density at radius 3 is 2.10 bits per heavy atom. The van der Waals surface area contributed by atoms with Gasteiger partial charge in [-0.15, -0.1) is 5.53 Å². The first-order valence-corrected chi connectivity index (χ1v) is 2.47. The normalized spacial score (nSPS) is 8.80. The topological polar surface area (TPSA) is 97.5 Å². The molecule has 0 spiro atoms. The van der Waals surface area contributed by atoms with Crippen molar-refractivity contribution >= 4 is 5.97 Å². The summed E-state index contributed by atoms with van der Waals surface area (Å²) in [6.45, 7) is 3.26. The number of aliphatic carboxylic acids is 1.